The molecule has 2 aromatic heterocycles. The Balaban J connectivity index is 2.03. The van der Waals surface area contributed by atoms with Crippen LogP contribution < -0.4 is 10.0 Å². The van der Waals surface area contributed by atoms with Crippen molar-refractivity contribution in [1.82, 2.24) is 5.32 Å². The van der Waals surface area contributed by atoms with E-state index in [1.54, 1.807) is 28.8 Å². The Bertz CT molecular complexity index is 870. The van der Waals surface area contributed by atoms with Gasteiger partial charge in [0.1, 0.15) is 4.21 Å². The summed E-state index contributed by atoms with van der Waals surface area (Å²) in [4.78, 5) is 1.03. The first kappa shape index (κ1) is 16.2. The third-order valence-electron chi connectivity index (χ3n) is 3.26. The molecular formula is C16H16N2O2S3. The van der Waals surface area contributed by atoms with Crippen LogP contribution in [-0.2, 0) is 16.6 Å². The monoisotopic (exact) mass is 364 g/mol. The van der Waals surface area contributed by atoms with Gasteiger partial charge in [-0.1, -0.05) is 24.3 Å². The summed E-state index contributed by atoms with van der Waals surface area (Å²) in [7, 11) is -1.70. The molecule has 0 atom stereocenters. The molecule has 0 spiro atoms. The number of nitrogens with one attached hydrogen (secondary N) is 2. The first-order valence-electron chi connectivity index (χ1n) is 6.98. The third kappa shape index (κ3) is 3.64. The van der Waals surface area contributed by atoms with Gasteiger partial charge in [-0.15, -0.1) is 22.7 Å². The molecule has 0 fully saturated rings. The molecule has 2 heterocycles. The van der Waals surface area contributed by atoms with Crippen molar-refractivity contribution in [2.75, 3.05) is 11.8 Å². The lowest BCUT2D eigenvalue weighted by atomic mass is 10.1. The molecule has 7 heteroatoms. The molecule has 0 radical (unpaired) electrons. The molecule has 0 saturated heterocycles. The zero-order chi connectivity index (χ0) is 16.3. The van der Waals surface area contributed by atoms with Crippen molar-refractivity contribution in [1.29, 1.82) is 0 Å². The van der Waals surface area contributed by atoms with E-state index in [-0.39, 0.29) is 0 Å². The summed E-state index contributed by atoms with van der Waals surface area (Å²) in [5, 5.41) is 6.82. The molecule has 3 aromatic rings. The van der Waals surface area contributed by atoms with Crippen LogP contribution in [-0.4, -0.2) is 15.5 Å². The molecule has 0 unspecified atom stereocenters. The SMILES string of the molecule is CNCc1ccc(-c2cccs2)c(NS(=O)(=O)c2cccs2)c1. The number of benzene rings is 1. The van der Waals surface area contributed by atoms with Crippen LogP contribution in [0.2, 0.25) is 0 Å². The van der Waals surface area contributed by atoms with E-state index in [0.717, 1.165) is 16.0 Å². The molecule has 0 aliphatic rings. The van der Waals surface area contributed by atoms with E-state index in [1.807, 2.05) is 42.8 Å². The van der Waals surface area contributed by atoms with Gasteiger partial charge >= 0.3 is 0 Å². The summed E-state index contributed by atoms with van der Waals surface area (Å²) in [5.74, 6) is 0. The minimum Gasteiger partial charge on any atom is -0.316 e. The standard InChI is InChI=1S/C16H16N2O2S3/c1-17-11-12-6-7-13(15-4-2-8-21-15)14(10-12)18-23(19,20)16-5-3-9-22-16/h2-10,17-18H,11H2,1H3. The molecule has 0 amide bonds. The predicted molar refractivity (Wildman–Crippen MR) is 97.6 cm³/mol. The van der Waals surface area contributed by atoms with E-state index < -0.39 is 10.0 Å². The average Bonchev–Trinajstić information content (AvgIpc) is 3.21. The van der Waals surface area contributed by atoms with Gasteiger partial charge in [0.25, 0.3) is 10.0 Å². The van der Waals surface area contributed by atoms with Gasteiger partial charge in [0.2, 0.25) is 0 Å². The zero-order valence-corrected chi connectivity index (χ0v) is 14.9. The third-order valence-corrected chi connectivity index (χ3v) is 6.92. The molecule has 1 aromatic carbocycles. The molecule has 0 bridgehead atoms. The lowest BCUT2D eigenvalue weighted by Gasteiger charge is -2.13. The maximum Gasteiger partial charge on any atom is 0.271 e. The highest BCUT2D eigenvalue weighted by atomic mass is 32.2. The van der Waals surface area contributed by atoms with Gasteiger partial charge in [-0.3, -0.25) is 4.72 Å². The van der Waals surface area contributed by atoms with Gasteiger partial charge < -0.3 is 5.32 Å². The lowest BCUT2D eigenvalue weighted by Crippen LogP contribution is -2.13. The summed E-state index contributed by atoms with van der Waals surface area (Å²) in [6.07, 6.45) is 0. The van der Waals surface area contributed by atoms with Gasteiger partial charge in [0.15, 0.2) is 0 Å². The zero-order valence-electron chi connectivity index (χ0n) is 12.4. The highest BCUT2D eigenvalue weighted by Crippen LogP contribution is 2.34. The normalized spacial score (nSPS) is 11.5. The molecule has 120 valence electrons. The number of hydrogen-bond donors (Lipinski definition) is 2. The van der Waals surface area contributed by atoms with Gasteiger partial charge in [-0.25, -0.2) is 8.42 Å². The lowest BCUT2D eigenvalue weighted by molar-refractivity contribution is 0.603. The summed E-state index contributed by atoms with van der Waals surface area (Å²) >= 11 is 2.79. The van der Waals surface area contributed by atoms with Gasteiger partial charge in [-0.2, -0.15) is 0 Å². The number of anilines is 1. The highest BCUT2D eigenvalue weighted by Gasteiger charge is 2.18. The maximum atomic E-state index is 12.5. The van der Waals surface area contributed by atoms with Gasteiger partial charge in [0, 0.05) is 17.0 Å². The van der Waals surface area contributed by atoms with E-state index in [4.69, 9.17) is 0 Å². The fraction of sp³-hybridized carbons (Fsp3) is 0.125. The number of rotatable bonds is 6. The largest absolute Gasteiger partial charge is 0.316 e. The minimum atomic E-state index is -3.56. The topological polar surface area (TPSA) is 58.2 Å². The Morgan fingerprint density at radius 2 is 1.83 bits per heavy atom. The first-order valence-corrected chi connectivity index (χ1v) is 10.2. The van der Waals surface area contributed by atoms with Crippen LogP contribution in [0, 0.1) is 0 Å². The molecule has 3 rings (SSSR count). The van der Waals surface area contributed by atoms with Crippen molar-refractivity contribution >= 4 is 38.4 Å². The van der Waals surface area contributed by atoms with E-state index in [0.29, 0.717) is 16.4 Å². The average molecular weight is 365 g/mol. The summed E-state index contributed by atoms with van der Waals surface area (Å²) in [6, 6.07) is 13.1. The van der Waals surface area contributed by atoms with E-state index in [2.05, 4.69) is 10.0 Å². The van der Waals surface area contributed by atoms with E-state index in [1.165, 1.54) is 11.3 Å². The summed E-state index contributed by atoms with van der Waals surface area (Å²) in [6.45, 7) is 0.679. The Hall–Kier alpha value is -1.67. The Morgan fingerprint density at radius 1 is 1.04 bits per heavy atom. The van der Waals surface area contributed by atoms with Crippen LogP contribution in [0.25, 0.3) is 10.4 Å². The number of hydrogen-bond acceptors (Lipinski definition) is 5. The van der Waals surface area contributed by atoms with Crippen molar-refractivity contribution < 1.29 is 8.42 Å². The van der Waals surface area contributed by atoms with Crippen molar-refractivity contribution in [3.8, 4) is 10.4 Å². The molecule has 0 aliphatic carbocycles. The van der Waals surface area contributed by atoms with Crippen LogP contribution in [0.1, 0.15) is 5.56 Å². The van der Waals surface area contributed by atoms with Crippen molar-refractivity contribution in [3.05, 3.63) is 58.8 Å². The Kier molecular flexibility index (Phi) is 4.82. The van der Waals surface area contributed by atoms with E-state index in [9.17, 15) is 8.42 Å². The minimum absolute atomic E-state index is 0.314. The van der Waals surface area contributed by atoms with Crippen molar-refractivity contribution in [2.45, 2.75) is 10.8 Å². The maximum absolute atomic E-state index is 12.5. The van der Waals surface area contributed by atoms with Gasteiger partial charge in [0.05, 0.1) is 5.69 Å². The fourth-order valence-corrected chi connectivity index (χ4v) is 5.08. The Labute approximate surface area is 143 Å². The van der Waals surface area contributed by atoms with Crippen LogP contribution in [0.3, 0.4) is 0 Å². The second kappa shape index (κ2) is 6.84. The fourth-order valence-electron chi connectivity index (χ4n) is 2.25. The van der Waals surface area contributed by atoms with Crippen LogP contribution in [0.4, 0.5) is 5.69 Å². The summed E-state index contributed by atoms with van der Waals surface area (Å²) < 4.78 is 28.1. The van der Waals surface area contributed by atoms with Crippen molar-refractivity contribution in [3.63, 3.8) is 0 Å². The molecule has 4 nitrogen and oxygen atoms in total. The smallest absolute Gasteiger partial charge is 0.271 e. The number of thiophene rings is 2. The van der Waals surface area contributed by atoms with Crippen LogP contribution in [0.15, 0.2) is 57.4 Å². The second-order valence-electron chi connectivity index (χ2n) is 4.93. The number of sulfonamides is 1. The highest BCUT2D eigenvalue weighted by molar-refractivity contribution is 7.94. The Morgan fingerprint density at radius 3 is 2.48 bits per heavy atom. The molecule has 0 aliphatic heterocycles. The van der Waals surface area contributed by atoms with Gasteiger partial charge in [-0.05, 0) is 41.6 Å². The second-order valence-corrected chi connectivity index (χ2v) is 8.73. The van der Waals surface area contributed by atoms with E-state index >= 15 is 0 Å². The first-order chi connectivity index (χ1) is 11.1. The molecule has 0 saturated carbocycles. The molecular weight excluding hydrogens is 348 g/mol. The predicted octanol–water partition coefficient (Wildman–Crippen LogP) is 4.00. The molecule has 2 N–H and O–H groups in total. The summed E-state index contributed by atoms with van der Waals surface area (Å²) in [5.41, 5.74) is 2.52. The van der Waals surface area contributed by atoms with Crippen LogP contribution in [0.5, 0.6) is 0 Å². The van der Waals surface area contributed by atoms with Crippen molar-refractivity contribution in [2.24, 2.45) is 0 Å². The quantitative estimate of drug-likeness (QED) is 0.695. The molecule has 23 heavy (non-hydrogen) atoms. The van der Waals surface area contributed by atoms with Crippen LogP contribution >= 0.6 is 22.7 Å².